The van der Waals surface area contributed by atoms with Crippen molar-refractivity contribution in [2.24, 2.45) is 0 Å². The zero-order valence-corrected chi connectivity index (χ0v) is 9.16. The maximum atomic E-state index is 8.68. The first-order valence-corrected chi connectivity index (χ1v) is 5.17. The van der Waals surface area contributed by atoms with Crippen LogP contribution in [0.15, 0.2) is 18.2 Å². The number of benzene rings is 1. The molecule has 1 aromatic rings. The van der Waals surface area contributed by atoms with E-state index in [0.717, 1.165) is 12.8 Å². The molecule has 0 amide bonds. The van der Waals surface area contributed by atoms with Crippen molar-refractivity contribution < 1.29 is 4.74 Å². The highest BCUT2D eigenvalue weighted by Gasteiger charge is 2.08. The van der Waals surface area contributed by atoms with Gasteiger partial charge in [0.2, 0.25) is 0 Å². The molecule has 0 saturated heterocycles. The van der Waals surface area contributed by atoms with E-state index in [1.807, 2.05) is 6.07 Å². The predicted molar refractivity (Wildman–Crippen MR) is 60.6 cm³/mol. The van der Waals surface area contributed by atoms with E-state index in [1.165, 1.54) is 0 Å². The van der Waals surface area contributed by atoms with Gasteiger partial charge in [-0.2, -0.15) is 5.26 Å². The predicted octanol–water partition coefficient (Wildman–Crippen LogP) is 2.71. The first kappa shape index (κ1) is 11.4. The summed E-state index contributed by atoms with van der Waals surface area (Å²) in [6, 6.07) is 7.15. The number of nitrogens with two attached hydrogens (primary N) is 1. The van der Waals surface area contributed by atoms with Gasteiger partial charge in [0, 0.05) is 0 Å². The van der Waals surface area contributed by atoms with Crippen LogP contribution in [0, 0.1) is 11.3 Å². The van der Waals surface area contributed by atoms with Crippen LogP contribution in [0.3, 0.4) is 0 Å². The summed E-state index contributed by atoms with van der Waals surface area (Å²) >= 11 is 0. The maximum absolute atomic E-state index is 8.68. The Balaban J connectivity index is 2.83. The Kier molecular flexibility index (Phi) is 3.99. The molecule has 0 aliphatic rings. The summed E-state index contributed by atoms with van der Waals surface area (Å²) in [5, 5.41) is 8.68. The number of nitrogen functional groups attached to an aromatic ring is 1. The molecule has 0 fully saturated rings. The maximum Gasteiger partial charge on any atom is 0.142 e. The van der Waals surface area contributed by atoms with Crippen molar-refractivity contribution in [3.63, 3.8) is 0 Å². The van der Waals surface area contributed by atoms with Gasteiger partial charge in [-0.15, -0.1) is 0 Å². The van der Waals surface area contributed by atoms with Crippen molar-refractivity contribution in [1.29, 1.82) is 5.26 Å². The number of hydrogen-bond acceptors (Lipinski definition) is 3. The van der Waals surface area contributed by atoms with E-state index < -0.39 is 0 Å². The molecular formula is C12H16N2O. The lowest BCUT2D eigenvalue weighted by atomic mass is 10.2. The van der Waals surface area contributed by atoms with Gasteiger partial charge in [-0.25, -0.2) is 0 Å². The Morgan fingerprint density at radius 3 is 2.53 bits per heavy atom. The molecule has 1 aromatic carbocycles. The third kappa shape index (κ3) is 2.88. The standard InChI is InChI=1S/C12H16N2O/c1-3-10(4-2)15-12-6-5-9(8-13)7-11(12)14/h5-7,10H,3-4,14H2,1-2H3. The molecule has 0 spiro atoms. The molecule has 80 valence electrons. The Morgan fingerprint density at radius 2 is 2.07 bits per heavy atom. The van der Waals surface area contributed by atoms with Crippen LogP contribution in [0.5, 0.6) is 5.75 Å². The highest BCUT2D eigenvalue weighted by Crippen LogP contribution is 2.24. The summed E-state index contributed by atoms with van der Waals surface area (Å²) in [6.45, 7) is 4.15. The van der Waals surface area contributed by atoms with Crippen LogP contribution in [-0.4, -0.2) is 6.10 Å². The largest absolute Gasteiger partial charge is 0.488 e. The Morgan fingerprint density at radius 1 is 1.40 bits per heavy atom. The molecule has 2 N–H and O–H groups in total. The normalized spacial score (nSPS) is 10.0. The molecule has 0 aliphatic heterocycles. The van der Waals surface area contributed by atoms with E-state index in [0.29, 0.717) is 17.0 Å². The average molecular weight is 204 g/mol. The van der Waals surface area contributed by atoms with Crippen LogP contribution in [0.25, 0.3) is 0 Å². The fraction of sp³-hybridized carbons (Fsp3) is 0.417. The Bertz CT molecular complexity index is 364. The molecule has 0 aromatic heterocycles. The van der Waals surface area contributed by atoms with Gasteiger partial charge >= 0.3 is 0 Å². The van der Waals surface area contributed by atoms with Crippen molar-refractivity contribution in [2.45, 2.75) is 32.8 Å². The SMILES string of the molecule is CCC(CC)Oc1ccc(C#N)cc1N. The molecule has 3 nitrogen and oxygen atoms in total. The molecule has 0 heterocycles. The van der Waals surface area contributed by atoms with Crippen molar-refractivity contribution in [3.05, 3.63) is 23.8 Å². The minimum absolute atomic E-state index is 0.195. The molecule has 15 heavy (non-hydrogen) atoms. The molecule has 3 heteroatoms. The quantitative estimate of drug-likeness (QED) is 0.767. The van der Waals surface area contributed by atoms with E-state index in [2.05, 4.69) is 13.8 Å². The minimum Gasteiger partial charge on any atom is -0.488 e. The van der Waals surface area contributed by atoms with Gasteiger partial charge in [0.15, 0.2) is 0 Å². The molecule has 0 saturated carbocycles. The van der Waals surface area contributed by atoms with Gasteiger partial charge in [-0.05, 0) is 31.0 Å². The summed E-state index contributed by atoms with van der Waals surface area (Å²) in [7, 11) is 0. The van der Waals surface area contributed by atoms with Gasteiger partial charge < -0.3 is 10.5 Å². The van der Waals surface area contributed by atoms with E-state index in [1.54, 1.807) is 18.2 Å². The molecule has 0 unspecified atom stereocenters. The number of hydrogen-bond donors (Lipinski definition) is 1. The van der Waals surface area contributed by atoms with Gasteiger partial charge in [0.25, 0.3) is 0 Å². The fourth-order valence-corrected chi connectivity index (χ4v) is 1.36. The average Bonchev–Trinajstić information content (AvgIpc) is 2.27. The first-order valence-electron chi connectivity index (χ1n) is 5.17. The number of ether oxygens (including phenoxy) is 1. The second kappa shape index (κ2) is 5.26. The monoisotopic (exact) mass is 204 g/mol. The molecule has 1 rings (SSSR count). The van der Waals surface area contributed by atoms with Crippen LogP contribution in [0.4, 0.5) is 5.69 Å². The molecular weight excluding hydrogens is 188 g/mol. The van der Waals surface area contributed by atoms with Gasteiger partial charge in [0.05, 0.1) is 23.4 Å². The van der Waals surface area contributed by atoms with E-state index in [-0.39, 0.29) is 6.10 Å². The van der Waals surface area contributed by atoms with Gasteiger partial charge in [-0.1, -0.05) is 13.8 Å². The van der Waals surface area contributed by atoms with E-state index in [4.69, 9.17) is 15.7 Å². The first-order chi connectivity index (χ1) is 7.21. The number of nitrogens with zero attached hydrogens (tertiary/aromatic N) is 1. The fourth-order valence-electron chi connectivity index (χ4n) is 1.36. The zero-order valence-electron chi connectivity index (χ0n) is 9.16. The smallest absolute Gasteiger partial charge is 0.142 e. The van der Waals surface area contributed by atoms with Crippen LogP contribution in [0.1, 0.15) is 32.3 Å². The third-order valence-electron chi connectivity index (χ3n) is 2.34. The number of rotatable bonds is 4. The summed E-state index contributed by atoms with van der Waals surface area (Å²) in [5.74, 6) is 0.669. The summed E-state index contributed by atoms with van der Waals surface area (Å²) in [4.78, 5) is 0. The molecule has 0 aliphatic carbocycles. The Hall–Kier alpha value is -1.69. The van der Waals surface area contributed by atoms with Crippen molar-refractivity contribution >= 4 is 5.69 Å². The van der Waals surface area contributed by atoms with Gasteiger partial charge in [0.1, 0.15) is 5.75 Å². The van der Waals surface area contributed by atoms with E-state index >= 15 is 0 Å². The zero-order chi connectivity index (χ0) is 11.3. The molecule has 0 bridgehead atoms. The van der Waals surface area contributed by atoms with Crippen molar-refractivity contribution in [2.75, 3.05) is 5.73 Å². The highest BCUT2D eigenvalue weighted by atomic mass is 16.5. The lowest BCUT2D eigenvalue weighted by Crippen LogP contribution is -2.14. The van der Waals surface area contributed by atoms with Crippen LogP contribution < -0.4 is 10.5 Å². The number of nitriles is 1. The summed E-state index contributed by atoms with van der Waals surface area (Å²) < 4.78 is 5.71. The van der Waals surface area contributed by atoms with Crippen LogP contribution >= 0.6 is 0 Å². The molecule has 0 radical (unpaired) electrons. The minimum atomic E-state index is 0.195. The topological polar surface area (TPSA) is 59.0 Å². The van der Waals surface area contributed by atoms with Gasteiger partial charge in [-0.3, -0.25) is 0 Å². The Labute approximate surface area is 90.5 Å². The number of anilines is 1. The van der Waals surface area contributed by atoms with Crippen LogP contribution in [0.2, 0.25) is 0 Å². The highest BCUT2D eigenvalue weighted by molar-refractivity contribution is 5.56. The second-order valence-electron chi connectivity index (χ2n) is 3.42. The van der Waals surface area contributed by atoms with E-state index in [9.17, 15) is 0 Å². The summed E-state index contributed by atoms with van der Waals surface area (Å²) in [5.41, 5.74) is 6.87. The lowest BCUT2D eigenvalue weighted by molar-refractivity contribution is 0.194. The summed E-state index contributed by atoms with van der Waals surface area (Å²) in [6.07, 6.45) is 2.10. The van der Waals surface area contributed by atoms with Crippen molar-refractivity contribution in [1.82, 2.24) is 0 Å². The van der Waals surface area contributed by atoms with Crippen LogP contribution in [-0.2, 0) is 0 Å². The second-order valence-corrected chi connectivity index (χ2v) is 3.42. The lowest BCUT2D eigenvalue weighted by Gasteiger charge is -2.16. The van der Waals surface area contributed by atoms with Crippen molar-refractivity contribution in [3.8, 4) is 11.8 Å². The molecule has 0 atom stereocenters. The third-order valence-corrected chi connectivity index (χ3v) is 2.34.